The molecule has 190 valence electrons. The molecule has 0 aliphatic carbocycles. The highest BCUT2D eigenvalue weighted by Gasteiger charge is 2.26. The Bertz CT molecular complexity index is 1170. The molecule has 0 radical (unpaired) electrons. The van der Waals surface area contributed by atoms with Crippen LogP contribution in [0, 0.1) is 18.7 Å². The number of piperazine rings is 1. The maximum absolute atomic E-state index is 14.1. The first-order valence-electron chi connectivity index (χ1n) is 12.8. The zero-order chi connectivity index (χ0) is 24.9. The molecule has 2 aromatic carbocycles. The lowest BCUT2D eigenvalue weighted by atomic mass is 9.98. The zero-order valence-corrected chi connectivity index (χ0v) is 21.7. The fraction of sp³-hybridized carbons (Fsp3) is 0.414. The second kappa shape index (κ2) is 11.4. The summed E-state index contributed by atoms with van der Waals surface area (Å²) in [5.41, 5.74) is 2.98. The predicted molar refractivity (Wildman–Crippen MR) is 144 cm³/mol. The molecule has 0 bridgehead atoms. The molecule has 0 saturated carbocycles. The fourth-order valence-electron chi connectivity index (χ4n) is 5.18. The molecule has 2 aliphatic rings. The number of para-hydroxylation sites is 1. The van der Waals surface area contributed by atoms with Crippen LogP contribution in [0.4, 0.5) is 10.1 Å². The number of ether oxygens (including phenoxy) is 1. The molecule has 36 heavy (non-hydrogen) atoms. The van der Waals surface area contributed by atoms with E-state index in [1.54, 1.807) is 6.07 Å². The van der Waals surface area contributed by atoms with Gasteiger partial charge in [-0.25, -0.2) is 4.39 Å². The predicted octanol–water partition coefficient (Wildman–Crippen LogP) is 5.45. The van der Waals surface area contributed by atoms with Gasteiger partial charge in [-0.1, -0.05) is 24.3 Å². The largest absolute Gasteiger partial charge is 0.493 e. The number of halogens is 1. The average molecular weight is 508 g/mol. The van der Waals surface area contributed by atoms with Crippen molar-refractivity contribution >= 4 is 22.9 Å². The van der Waals surface area contributed by atoms with E-state index in [0.29, 0.717) is 18.2 Å². The smallest absolute Gasteiger partial charge is 0.264 e. The van der Waals surface area contributed by atoms with E-state index in [4.69, 9.17) is 4.74 Å². The van der Waals surface area contributed by atoms with Crippen molar-refractivity contribution in [3.63, 3.8) is 0 Å². The standard InChI is InChI=1S/C29H34FN3O2S/c1-22-11-17-36-28(22)29(34)33-12-5-7-24(20-33)21-35-25-8-4-6-23(18-25)19-31-13-15-32(16-14-31)27-10-3-2-9-26(27)30/h2-4,6,8-11,17-18,24H,5,7,12-16,19-21H2,1H3/t24-/m0/s1. The van der Waals surface area contributed by atoms with E-state index in [1.807, 2.05) is 41.5 Å². The third-order valence-corrected chi connectivity index (χ3v) is 8.22. The molecular formula is C29H34FN3O2S. The Morgan fingerprint density at radius 3 is 2.67 bits per heavy atom. The molecule has 2 saturated heterocycles. The van der Waals surface area contributed by atoms with Gasteiger partial charge in [0, 0.05) is 51.7 Å². The summed E-state index contributed by atoms with van der Waals surface area (Å²) >= 11 is 1.53. The van der Waals surface area contributed by atoms with Gasteiger partial charge in [-0.2, -0.15) is 0 Å². The number of carbonyl (C=O) groups is 1. The number of thiophene rings is 1. The molecule has 3 heterocycles. The van der Waals surface area contributed by atoms with Gasteiger partial charge in [-0.05, 0) is 66.6 Å². The fourth-order valence-corrected chi connectivity index (χ4v) is 6.07. The quantitative estimate of drug-likeness (QED) is 0.426. The number of aryl methyl sites for hydroxylation is 1. The van der Waals surface area contributed by atoms with Crippen LogP contribution >= 0.6 is 11.3 Å². The summed E-state index contributed by atoms with van der Waals surface area (Å²) in [5.74, 6) is 1.24. The topological polar surface area (TPSA) is 36.0 Å². The van der Waals surface area contributed by atoms with Crippen LogP contribution in [0.2, 0.25) is 0 Å². The minimum atomic E-state index is -0.150. The van der Waals surface area contributed by atoms with Gasteiger partial charge in [-0.3, -0.25) is 9.69 Å². The number of piperidine rings is 1. The van der Waals surface area contributed by atoms with Crippen molar-refractivity contribution in [2.45, 2.75) is 26.3 Å². The SMILES string of the molecule is Cc1ccsc1C(=O)N1CCC[C@H](COc2cccc(CN3CCN(c4ccccc4F)CC3)c2)C1. The number of amides is 1. The van der Waals surface area contributed by atoms with Crippen LogP contribution in [0.1, 0.15) is 33.6 Å². The highest BCUT2D eigenvalue weighted by molar-refractivity contribution is 7.12. The summed E-state index contributed by atoms with van der Waals surface area (Å²) in [4.78, 5) is 20.3. The number of hydrogen-bond donors (Lipinski definition) is 0. The maximum Gasteiger partial charge on any atom is 0.264 e. The van der Waals surface area contributed by atoms with E-state index < -0.39 is 0 Å². The van der Waals surface area contributed by atoms with Crippen LogP contribution in [0.15, 0.2) is 60.0 Å². The number of likely N-dealkylation sites (tertiary alicyclic amines) is 1. The normalized spacial score (nSPS) is 18.9. The summed E-state index contributed by atoms with van der Waals surface area (Å²) in [6.45, 7) is 8.49. The highest BCUT2D eigenvalue weighted by Crippen LogP contribution is 2.25. The number of anilines is 1. The van der Waals surface area contributed by atoms with Gasteiger partial charge in [0.1, 0.15) is 11.6 Å². The molecule has 5 rings (SSSR count). The van der Waals surface area contributed by atoms with Crippen LogP contribution < -0.4 is 9.64 Å². The lowest BCUT2D eigenvalue weighted by Gasteiger charge is -2.36. The van der Waals surface area contributed by atoms with E-state index in [1.165, 1.54) is 23.0 Å². The van der Waals surface area contributed by atoms with Gasteiger partial charge in [0.2, 0.25) is 0 Å². The van der Waals surface area contributed by atoms with Gasteiger partial charge in [0.05, 0.1) is 17.2 Å². The van der Waals surface area contributed by atoms with Crippen molar-refractivity contribution in [1.29, 1.82) is 0 Å². The minimum absolute atomic E-state index is 0.150. The van der Waals surface area contributed by atoms with Crippen molar-refractivity contribution < 1.29 is 13.9 Å². The first kappa shape index (κ1) is 24.8. The van der Waals surface area contributed by atoms with Crippen molar-refractivity contribution in [1.82, 2.24) is 9.80 Å². The summed E-state index contributed by atoms with van der Waals surface area (Å²) in [6, 6.07) is 17.4. The Kier molecular flexibility index (Phi) is 7.87. The Balaban J connectivity index is 1.11. The third-order valence-electron chi connectivity index (χ3n) is 7.22. The second-order valence-corrected chi connectivity index (χ2v) is 10.8. The van der Waals surface area contributed by atoms with E-state index in [9.17, 15) is 9.18 Å². The lowest BCUT2D eigenvalue weighted by molar-refractivity contribution is 0.0637. The van der Waals surface area contributed by atoms with Gasteiger partial charge in [0.25, 0.3) is 5.91 Å². The van der Waals surface area contributed by atoms with Crippen molar-refractivity contribution in [3.05, 3.63) is 81.8 Å². The molecule has 0 N–H and O–H groups in total. The number of hydrogen-bond acceptors (Lipinski definition) is 5. The van der Waals surface area contributed by atoms with Crippen LogP contribution in [0.3, 0.4) is 0 Å². The van der Waals surface area contributed by atoms with E-state index in [2.05, 4.69) is 28.0 Å². The number of carbonyl (C=O) groups excluding carboxylic acids is 1. The van der Waals surface area contributed by atoms with Crippen molar-refractivity contribution in [2.24, 2.45) is 5.92 Å². The maximum atomic E-state index is 14.1. The Morgan fingerprint density at radius 1 is 1.06 bits per heavy atom. The van der Waals surface area contributed by atoms with Crippen LogP contribution in [0.5, 0.6) is 5.75 Å². The Morgan fingerprint density at radius 2 is 1.89 bits per heavy atom. The van der Waals surface area contributed by atoms with Gasteiger partial charge >= 0.3 is 0 Å². The first-order valence-corrected chi connectivity index (χ1v) is 13.7. The zero-order valence-electron chi connectivity index (χ0n) is 20.9. The highest BCUT2D eigenvalue weighted by atomic mass is 32.1. The molecule has 1 aromatic heterocycles. The van der Waals surface area contributed by atoms with Gasteiger partial charge in [-0.15, -0.1) is 11.3 Å². The summed E-state index contributed by atoms with van der Waals surface area (Å²) in [6.07, 6.45) is 2.10. The van der Waals surface area contributed by atoms with Crippen molar-refractivity contribution in [2.75, 3.05) is 50.8 Å². The van der Waals surface area contributed by atoms with E-state index in [0.717, 1.165) is 74.8 Å². The summed E-state index contributed by atoms with van der Waals surface area (Å²) < 4.78 is 20.3. The monoisotopic (exact) mass is 507 g/mol. The van der Waals surface area contributed by atoms with Crippen molar-refractivity contribution in [3.8, 4) is 5.75 Å². The lowest BCUT2D eigenvalue weighted by Crippen LogP contribution is -2.46. The van der Waals surface area contributed by atoms with Gasteiger partial charge < -0.3 is 14.5 Å². The first-order chi connectivity index (χ1) is 17.6. The van der Waals surface area contributed by atoms with E-state index >= 15 is 0 Å². The van der Waals surface area contributed by atoms with Gasteiger partial charge in [0.15, 0.2) is 0 Å². The number of rotatable bonds is 7. The molecule has 1 atom stereocenters. The Labute approximate surface area is 217 Å². The summed E-state index contributed by atoms with van der Waals surface area (Å²) in [5, 5.41) is 1.99. The van der Waals surface area contributed by atoms with Crippen LogP contribution in [0.25, 0.3) is 0 Å². The van der Waals surface area contributed by atoms with Crippen LogP contribution in [-0.2, 0) is 6.54 Å². The molecule has 0 spiro atoms. The molecule has 5 nitrogen and oxygen atoms in total. The van der Waals surface area contributed by atoms with E-state index in [-0.39, 0.29) is 11.7 Å². The number of benzene rings is 2. The molecule has 0 unspecified atom stereocenters. The Hall–Kier alpha value is -2.90. The molecule has 1 amide bonds. The molecule has 3 aromatic rings. The second-order valence-electron chi connectivity index (χ2n) is 9.87. The molecule has 7 heteroatoms. The average Bonchev–Trinajstić information content (AvgIpc) is 3.34. The third kappa shape index (κ3) is 5.90. The molecule has 2 aliphatic heterocycles. The van der Waals surface area contributed by atoms with Crippen LogP contribution in [-0.4, -0.2) is 61.6 Å². The minimum Gasteiger partial charge on any atom is -0.493 e. The molecule has 2 fully saturated rings. The number of nitrogens with zero attached hydrogens (tertiary/aromatic N) is 3. The summed E-state index contributed by atoms with van der Waals surface area (Å²) in [7, 11) is 0. The molecular weight excluding hydrogens is 473 g/mol.